The lowest BCUT2D eigenvalue weighted by Gasteiger charge is -2.13. The summed E-state index contributed by atoms with van der Waals surface area (Å²) in [5.74, 6) is -1.06. The van der Waals surface area contributed by atoms with Gasteiger partial charge < -0.3 is 10.4 Å². The summed E-state index contributed by atoms with van der Waals surface area (Å²) in [5.41, 5.74) is 3.56. The van der Waals surface area contributed by atoms with E-state index in [-0.39, 0.29) is 24.6 Å². The van der Waals surface area contributed by atoms with E-state index in [1.54, 1.807) is 25.3 Å². The number of pyridine rings is 1. The summed E-state index contributed by atoms with van der Waals surface area (Å²) in [7, 11) is 0. The molecule has 130 valence electrons. The first-order valence-corrected chi connectivity index (χ1v) is 8.17. The molecule has 0 atom stereocenters. The fourth-order valence-corrected chi connectivity index (χ4v) is 2.83. The zero-order chi connectivity index (χ0) is 17.8. The topological polar surface area (TPSA) is 96.4 Å². The molecule has 0 saturated carbocycles. The average Bonchev–Trinajstić information content (AvgIpc) is 3.06. The Morgan fingerprint density at radius 3 is 3.00 bits per heavy atom. The number of nitrogens with one attached hydrogen (secondary N) is 2. The molecule has 0 bridgehead atoms. The number of halogens is 1. The third-order valence-corrected chi connectivity index (χ3v) is 4.11. The summed E-state index contributed by atoms with van der Waals surface area (Å²) < 4.78 is 19.0. The summed E-state index contributed by atoms with van der Waals surface area (Å²) in [5, 5.41) is 12.3. The molecular formula is C16H15FN4O3S. The van der Waals surface area contributed by atoms with Crippen LogP contribution < -0.4 is 10.8 Å². The van der Waals surface area contributed by atoms with Crippen molar-refractivity contribution in [1.82, 2.24) is 14.8 Å². The zero-order valence-corrected chi connectivity index (χ0v) is 14.1. The summed E-state index contributed by atoms with van der Waals surface area (Å²) in [6, 6.07) is 4.74. The average molecular weight is 362 g/mol. The van der Waals surface area contributed by atoms with Crippen LogP contribution in [0.5, 0.6) is 0 Å². The van der Waals surface area contributed by atoms with E-state index in [0.29, 0.717) is 11.1 Å². The van der Waals surface area contributed by atoms with E-state index in [2.05, 4.69) is 20.2 Å². The van der Waals surface area contributed by atoms with E-state index in [1.807, 2.05) is 0 Å². The van der Waals surface area contributed by atoms with Gasteiger partial charge in [0, 0.05) is 11.6 Å². The molecule has 0 saturated heterocycles. The Labute approximate surface area is 146 Å². The molecule has 0 fully saturated rings. The maximum absolute atomic E-state index is 14.2. The molecule has 1 amide bonds. The molecule has 7 nitrogen and oxygen atoms in total. The lowest BCUT2D eigenvalue weighted by atomic mass is 10.1. The van der Waals surface area contributed by atoms with Crippen molar-refractivity contribution in [3.05, 3.63) is 47.7 Å². The number of hydrogen-bond donors (Lipinski definition) is 3. The van der Waals surface area contributed by atoms with Crippen LogP contribution in [-0.4, -0.2) is 33.6 Å². The number of nitrogens with zero attached hydrogens (tertiary/aromatic N) is 2. The number of benzene rings is 1. The van der Waals surface area contributed by atoms with E-state index in [1.165, 1.54) is 23.8 Å². The minimum absolute atomic E-state index is 0.0330. The van der Waals surface area contributed by atoms with Crippen LogP contribution in [0.4, 0.5) is 15.8 Å². The standard InChI is InChI=1S/C16H15FN4O3S/c1-9-2-3-12(11(17)6-9)20-14-10-7-19-25-13(10)8-18-15(14)16(23)21-24-5-4-22/h2-3,6-8,20,22H,4-5H2,1H3,(H,21,23). The van der Waals surface area contributed by atoms with Crippen molar-refractivity contribution in [2.45, 2.75) is 6.92 Å². The minimum Gasteiger partial charge on any atom is -0.394 e. The molecule has 0 aliphatic heterocycles. The van der Waals surface area contributed by atoms with Gasteiger partial charge in [-0.05, 0) is 36.2 Å². The Balaban J connectivity index is 2.00. The number of anilines is 2. The van der Waals surface area contributed by atoms with Crippen LogP contribution in [0.1, 0.15) is 16.1 Å². The second kappa shape index (κ2) is 7.51. The van der Waals surface area contributed by atoms with Gasteiger partial charge in [0.1, 0.15) is 5.82 Å². The number of carbonyl (C=O) groups is 1. The zero-order valence-electron chi connectivity index (χ0n) is 13.2. The van der Waals surface area contributed by atoms with E-state index in [9.17, 15) is 9.18 Å². The molecule has 25 heavy (non-hydrogen) atoms. The highest BCUT2D eigenvalue weighted by Crippen LogP contribution is 2.31. The van der Waals surface area contributed by atoms with Crippen LogP contribution in [0, 0.1) is 12.7 Å². The normalized spacial score (nSPS) is 10.8. The van der Waals surface area contributed by atoms with E-state index < -0.39 is 11.7 Å². The number of hydrogen-bond acceptors (Lipinski definition) is 7. The van der Waals surface area contributed by atoms with Gasteiger partial charge in [0.05, 0.1) is 35.5 Å². The molecule has 0 unspecified atom stereocenters. The Hall–Kier alpha value is -2.62. The van der Waals surface area contributed by atoms with Gasteiger partial charge in [-0.1, -0.05) is 6.07 Å². The third-order valence-electron chi connectivity index (χ3n) is 3.37. The molecule has 3 rings (SSSR count). The van der Waals surface area contributed by atoms with Crippen molar-refractivity contribution in [2.24, 2.45) is 0 Å². The van der Waals surface area contributed by atoms with E-state index in [4.69, 9.17) is 9.94 Å². The number of aryl methyl sites for hydroxylation is 1. The third kappa shape index (κ3) is 3.73. The predicted molar refractivity (Wildman–Crippen MR) is 92.3 cm³/mol. The van der Waals surface area contributed by atoms with Gasteiger partial charge >= 0.3 is 0 Å². The van der Waals surface area contributed by atoms with Crippen molar-refractivity contribution in [2.75, 3.05) is 18.5 Å². The van der Waals surface area contributed by atoms with Gasteiger partial charge in [0.2, 0.25) is 0 Å². The smallest absolute Gasteiger partial charge is 0.295 e. The summed E-state index contributed by atoms with van der Waals surface area (Å²) >= 11 is 1.22. The molecule has 0 aliphatic rings. The second-order valence-corrected chi connectivity index (χ2v) is 6.03. The number of hydroxylamine groups is 1. The highest BCUT2D eigenvalue weighted by Gasteiger charge is 2.19. The molecule has 2 aromatic heterocycles. The number of carbonyl (C=O) groups excluding carboxylic acids is 1. The lowest BCUT2D eigenvalue weighted by Crippen LogP contribution is -2.26. The van der Waals surface area contributed by atoms with Gasteiger partial charge in [-0.15, -0.1) is 0 Å². The van der Waals surface area contributed by atoms with E-state index in [0.717, 1.165) is 10.3 Å². The summed E-state index contributed by atoms with van der Waals surface area (Å²) in [4.78, 5) is 21.3. The maximum Gasteiger partial charge on any atom is 0.295 e. The Morgan fingerprint density at radius 2 is 2.24 bits per heavy atom. The molecule has 0 spiro atoms. The summed E-state index contributed by atoms with van der Waals surface area (Å²) in [6.07, 6.45) is 3.10. The van der Waals surface area contributed by atoms with Crippen LogP contribution >= 0.6 is 11.5 Å². The fraction of sp³-hybridized carbons (Fsp3) is 0.188. The number of aliphatic hydroxyl groups is 1. The summed E-state index contributed by atoms with van der Waals surface area (Å²) in [6.45, 7) is 1.50. The van der Waals surface area contributed by atoms with Crippen LogP contribution in [-0.2, 0) is 4.84 Å². The molecular weight excluding hydrogens is 347 g/mol. The van der Waals surface area contributed by atoms with Gasteiger partial charge in [-0.3, -0.25) is 9.63 Å². The molecule has 2 heterocycles. The largest absolute Gasteiger partial charge is 0.394 e. The van der Waals surface area contributed by atoms with Gasteiger partial charge in [0.15, 0.2) is 5.69 Å². The van der Waals surface area contributed by atoms with Crippen molar-refractivity contribution in [3.8, 4) is 0 Å². The van der Waals surface area contributed by atoms with Crippen LogP contribution in [0.25, 0.3) is 10.1 Å². The maximum atomic E-state index is 14.2. The number of rotatable bonds is 6. The lowest BCUT2D eigenvalue weighted by molar-refractivity contribution is 0.0165. The van der Waals surface area contributed by atoms with Gasteiger partial charge in [-0.2, -0.15) is 4.37 Å². The van der Waals surface area contributed by atoms with Crippen LogP contribution in [0.15, 0.2) is 30.6 Å². The molecule has 0 radical (unpaired) electrons. The Morgan fingerprint density at radius 1 is 1.40 bits per heavy atom. The Kier molecular flexibility index (Phi) is 5.17. The first kappa shape index (κ1) is 17.2. The highest BCUT2D eigenvalue weighted by atomic mass is 32.1. The highest BCUT2D eigenvalue weighted by molar-refractivity contribution is 7.13. The SMILES string of the molecule is Cc1ccc(Nc2c(C(=O)NOCCO)ncc3sncc23)c(F)c1. The van der Waals surface area contributed by atoms with Crippen LogP contribution in [0.2, 0.25) is 0 Å². The molecule has 1 aromatic carbocycles. The van der Waals surface area contributed by atoms with Gasteiger partial charge in [-0.25, -0.2) is 14.9 Å². The van der Waals surface area contributed by atoms with Crippen molar-refractivity contribution in [1.29, 1.82) is 0 Å². The first-order chi connectivity index (χ1) is 12.1. The molecule has 3 N–H and O–H groups in total. The predicted octanol–water partition coefficient (Wildman–Crippen LogP) is 2.54. The molecule has 9 heteroatoms. The monoisotopic (exact) mass is 362 g/mol. The number of aliphatic hydroxyl groups excluding tert-OH is 1. The van der Waals surface area contributed by atoms with Crippen molar-refractivity contribution in [3.63, 3.8) is 0 Å². The van der Waals surface area contributed by atoms with Crippen molar-refractivity contribution >= 4 is 38.9 Å². The Bertz CT molecular complexity index is 916. The molecule has 3 aromatic rings. The minimum atomic E-state index is -0.614. The number of aromatic nitrogens is 2. The quantitative estimate of drug-likeness (QED) is 0.461. The second-order valence-electron chi connectivity index (χ2n) is 5.20. The number of amides is 1. The fourth-order valence-electron chi connectivity index (χ4n) is 2.21. The van der Waals surface area contributed by atoms with E-state index >= 15 is 0 Å². The first-order valence-electron chi connectivity index (χ1n) is 7.39. The number of fused-ring (bicyclic) bond motifs is 1. The van der Waals surface area contributed by atoms with Crippen molar-refractivity contribution < 1.29 is 19.1 Å². The van der Waals surface area contributed by atoms with Gasteiger partial charge in [0.25, 0.3) is 5.91 Å². The molecule has 0 aliphatic carbocycles. The van der Waals surface area contributed by atoms with Crippen LogP contribution in [0.3, 0.4) is 0 Å².